The van der Waals surface area contributed by atoms with Crippen molar-refractivity contribution in [2.75, 3.05) is 0 Å². The van der Waals surface area contributed by atoms with Gasteiger partial charge in [0, 0.05) is 10.3 Å². The van der Waals surface area contributed by atoms with Gasteiger partial charge in [-0.15, -0.1) is 0 Å². The Morgan fingerprint density at radius 1 is 1.16 bits per heavy atom. The smallest absolute Gasteiger partial charge is 0.407 e. The summed E-state index contributed by atoms with van der Waals surface area (Å²) in [6.45, 7) is 16.4. The maximum absolute atomic E-state index is 11.9. The lowest BCUT2D eigenvalue weighted by molar-refractivity contribution is 0.0753. The van der Waals surface area contributed by atoms with Gasteiger partial charge >= 0.3 is 6.09 Å². The summed E-state index contributed by atoms with van der Waals surface area (Å²) in [4.78, 5) is 11.9. The van der Waals surface area contributed by atoms with Crippen LogP contribution in [-0.2, 0) is 4.74 Å². The molecular weight excluding hydrogens is 258 g/mol. The van der Waals surface area contributed by atoms with Crippen LogP contribution < -0.4 is 5.32 Å². The Morgan fingerprint density at radius 2 is 1.63 bits per heavy atom. The molecule has 0 aromatic carbocycles. The average molecular weight is 289 g/mol. The Labute approximate surface area is 124 Å². The van der Waals surface area contributed by atoms with Gasteiger partial charge in [-0.05, 0) is 39.0 Å². The second-order valence-corrected chi connectivity index (χ2v) is 9.19. The summed E-state index contributed by atoms with van der Waals surface area (Å²) in [5.74, 6) is 0. The van der Waals surface area contributed by atoms with E-state index in [2.05, 4.69) is 38.7 Å². The Kier molecular flexibility index (Phi) is 6.25. The summed E-state index contributed by atoms with van der Waals surface area (Å²) in [6, 6.07) is 0. The number of hydrogen-bond acceptors (Lipinski definition) is 3. The highest BCUT2D eigenvalue weighted by molar-refractivity contribution is 7.81. The van der Waals surface area contributed by atoms with E-state index in [-0.39, 0.29) is 27.9 Å². The molecule has 0 saturated carbocycles. The first-order valence-corrected chi connectivity index (χ1v) is 7.36. The van der Waals surface area contributed by atoms with Gasteiger partial charge in [-0.1, -0.05) is 34.6 Å². The summed E-state index contributed by atoms with van der Waals surface area (Å²) in [5.41, 5.74) is -0.175. The van der Waals surface area contributed by atoms with Crippen LogP contribution in [0.4, 0.5) is 4.79 Å². The lowest BCUT2D eigenvalue weighted by atomic mass is 9.90. The van der Waals surface area contributed by atoms with Crippen molar-refractivity contribution in [2.24, 2.45) is 5.41 Å². The molecule has 0 heterocycles. The van der Waals surface area contributed by atoms with Gasteiger partial charge in [-0.2, -0.15) is 12.6 Å². The van der Waals surface area contributed by atoms with Gasteiger partial charge in [0.25, 0.3) is 0 Å². The Hall–Kier alpha value is -0.380. The van der Waals surface area contributed by atoms with Crippen LogP contribution in [0.1, 0.15) is 68.2 Å². The fourth-order valence-electron chi connectivity index (χ4n) is 2.52. The normalized spacial score (nSPS) is 15.0. The van der Waals surface area contributed by atoms with E-state index in [1.54, 1.807) is 0 Å². The molecule has 1 unspecified atom stereocenters. The van der Waals surface area contributed by atoms with E-state index in [9.17, 15) is 4.79 Å². The molecule has 0 radical (unpaired) electrons. The third kappa shape index (κ3) is 11.2. The minimum atomic E-state index is -0.348. The fraction of sp³-hybridized carbons (Fsp3) is 0.933. The molecule has 0 aliphatic rings. The molecule has 4 heteroatoms. The molecule has 0 aromatic heterocycles. The first kappa shape index (κ1) is 18.6. The Bertz CT molecular complexity index is 300. The average Bonchev–Trinajstić information content (AvgIpc) is 1.89. The zero-order chi connectivity index (χ0) is 15.5. The van der Waals surface area contributed by atoms with Crippen molar-refractivity contribution in [2.45, 2.75) is 84.6 Å². The molecule has 0 fully saturated rings. The summed E-state index contributed by atoms with van der Waals surface area (Å²) in [7, 11) is 0. The fourth-order valence-corrected chi connectivity index (χ4v) is 2.91. The molecular formula is C15H31NO2S. The van der Waals surface area contributed by atoms with Crippen LogP contribution in [0.5, 0.6) is 0 Å². The molecule has 1 N–H and O–H groups in total. The molecule has 19 heavy (non-hydrogen) atoms. The lowest BCUT2D eigenvalue weighted by Gasteiger charge is -2.33. The predicted octanol–water partition coefficient (Wildman–Crippen LogP) is 4.41. The van der Waals surface area contributed by atoms with Gasteiger partial charge in [0.2, 0.25) is 0 Å². The largest absolute Gasteiger partial charge is 0.447 e. The zero-order valence-electron chi connectivity index (χ0n) is 13.8. The van der Waals surface area contributed by atoms with Crippen LogP contribution in [0.25, 0.3) is 0 Å². The maximum Gasteiger partial charge on any atom is 0.407 e. The highest BCUT2D eigenvalue weighted by Gasteiger charge is 2.29. The van der Waals surface area contributed by atoms with E-state index in [1.165, 1.54) is 0 Å². The van der Waals surface area contributed by atoms with Crippen molar-refractivity contribution in [1.82, 2.24) is 5.32 Å². The number of amides is 1. The second-order valence-electron chi connectivity index (χ2n) is 7.98. The van der Waals surface area contributed by atoms with Gasteiger partial charge in [0.05, 0.1) is 0 Å². The Morgan fingerprint density at radius 3 is 2.00 bits per heavy atom. The molecule has 114 valence electrons. The summed E-state index contributed by atoms with van der Waals surface area (Å²) >= 11 is 4.50. The van der Waals surface area contributed by atoms with Crippen molar-refractivity contribution in [3.05, 3.63) is 0 Å². The number of thiol groups is 1. The first-order valence-electron chi connectivity index (χ1n) is 6.91. The third-order valence-electron chi connectivity index (χ3n) is 2.52. The van der Waals surface area contributed by atoms with E-state index in [1.807, 2.05) is 34.6 Å². The van der Waals surface area contributed by atoms with E-state index < -0.39 is 0 Å². The number of alkyl carbamates (subject to hydrolysis) is 1. The standard InChI is InChI=1S/C15H31NO2S/c1-11(9-13(2,3)4)18-12(17)16-14(5,6)10-15(7,8)19/h11,19H,9-10H2,1-8H3,(H,16,17). The molecule has 0 aromatic rings. The molecule has 0 saturated heterocycles. The quantitative estimate of drug-likeness (QED) is 0.736. The molecule has 0 bridgehead atoms. The van der Waals surface area contributed by atoms with Crippen LogP contribution >= 0.6 is 12.6 Å². The van der Waals surface area contributed by atoms with Gasteiger partial charge in [0.15, 0.2) is 0 Å². The number of rotatable bonds is 5. The third-order valence-corrected chi connectivity index (χ3v) is 2.68. The molecule has 0 aliphatic carbocycles. The van der Waals surface area contributed by atoms with Crippen molar-refractivity contribution in [3.63, 3.8) is 0 Å². The molecule has 0 aliphatic heterocycles. The number of carbonyl (C=O) groups is 1. The van der Waals surface area contributed by atoms with Crippen molar-refractivity contribution in [1.29, 1.82) is 0 Å². The van der Waals surface area contributed by atoms with Crippen LogP contribution in [0.3, 0.4) is 0 Å². The molecule has 3 nitrogen and oxygen atoms in total. The monoisotopic (exact) mass is 289 g/mol. The van der Waals surface area contributed by atoms with E-state index in [0.717, 1.165) is 12.8 Å². The highest BCUT2D eigenvalue weighted by Crippen LogP contribution is 2.26. The topological polar surface area (TPSA) is 38.3 Å². The number of nitrogens with one attached hydrogen (secondary N) is 1. The first-order chi connectivity index (χ1) is 8.20. The Balaban J connectivity index is 4.31. The number of hydrogen-bond donors (Lipinski definition) is 2. The lowest BCUT2D eigenvalue weighted by Crippen LogP contribution is -2.47. The van der Waals surface area contributed by atoms with E-state index >= 15 is 0 Å². The predicted molar refractivity (Wildman–Crippen MR) is 84.9 cm³/mol. The van der Waals surface area contributed by atoms with Crippen LogP contribution in [0.2, 0.25) is 0 Å². The van der Waals surface area contributed by atoms with Crippen LogP contribution in [0, 0.1) is 5.41 Å². The van der Waals surface area contributed by atoms with Crippen LogP contribution in [-0.4, -0.2) is 22.5 Å². The molecule has 1 amide bonds. The molecule has 0 rings (SSSR count). The van der Waals surface area contributed by atoms with Gasteiger partial charge < -0.3 is 10.1 Å². The minimum absolute atomic E-state index is 0.0835. The molecule has 0 spiro atoms. The van der Waals surface area contributed by atoms with Crippen LogP contribution in [0.15, 0.2) is 0 Å². The summed E-state index contributed by atoms with van der Waals surface area (Å²) < 4.78 is 5.27. The van der Waals surface area contributed by atoms with Crippen molar-refractivity contribution >= 4 is 18.7 Å². The van der Waals surface area contributed by atoms with Gasteiger partial charge in [-0.25, -0.2) is 4.79 Å². The van der Waals surface area contributed by atoms with E-state index in [4.69, 9.17) is 4.74 Å². The van der Waals surface area contributed by atoms with Crippen molar-refractivity contribution < 1.29 is 9.53 Å². The SMILES string of the molecule is CC(CC(C)(C)C)OC(=O)NC(C)(C)CC(C)(C)S. The number of carbonyl (C=O) groups excluding carboxylic acids is 1. The molecule has 1 atom stereocenters. The zero-order valence-corrected chi connectivity index (χ0v) is 14.6. The summed E-state index contributed by atoms with van der Waals surface area (Å²) in [6.07, 6.45) is 1.18. The van der Waals surface area contributed by atoms with Gasteiger partial charge in [0.1, 0.15) is 6.10 Å². The van der Waals surface area contributed by atoms with Crippen molar-refractivity contribution in [3.8, 4) is 0 Å². The van der Waals surface area contributed by atoms with Gasteiger partial charge in [-0.3, -0.25) is 0 Å². The minimum Gasteiger partial charge on any atom is -0.447 e. The van der Waals surface area contributed by atoms with E-state index in [0.29, 0.717) is 0 Å². The highest BCUT2D eigenvalue weighted by atomic mass is 32.1. The number of ether oxygens (including phenoxy) is 1. The maximum atomic E-state index is 11.9. The summed E-state index contributed by atoms with van der Waals surface area (Å²) in [5, 5.41) is 2.92. The second kappa shape index (κ2) is 6.38.